The Hall–Kier alpha value is -3.09. The molecule has 1 amide bonds. The highest BCUT2D eigenvalue weighted by atomic mass is 16.5. The number of hydrogen-bond acceptors (Lipinski definition) is 5. The molecule has 0 spiro atoms. The van der Waals surface area contributed by atoms with Crippen molar-refractivity contribution in [3.05, 3.63) is 58.0 Å². The first-order valence-electron chi connectivity index (χ1n) is 9.13. The molecule has 7 nitrogen and oxygen atoms in total. The van der Waals surface area contributed by atoms with Crippen molar-refractivity contribution in [1.29, 1.82) is 0 Å². The summed E-state index contributed by atoms with van der Waals surface area (Å²) in [5.41, 5.74) is 1.34. The molecular formula is C21H26N2O5. The SMILES string of the molecule is COC(=O)c1ccc(NC(=O)COc2c(C)n(CCC(C)C)ccc2=O)cc1. The van der Waals surface area contributed by atoms with Crippen LogP contribution < -0.4 is 15.5 Å². The second kappa shape index (κ2) is 9.73. The van der Waals surface area contributed by atoms with E-state index in [1.54, 1.807) is 37.4 Å². The van der Waals surface area contributed by atoms with Gasteiger partial charge in [-0.05, 0) is 43.5 Å². The lowest BCUT2D eigenvalue weighted by molar-refractivity contribution is -0.118. The fourth-order valence-electron chi connectivity index (χ4n) is 2.61. The van der Waals surface area contributed by atoms with Crippen LogP contribution in [0.5, 0.6) is 5.75 Å². The van der Waals surface area contributed by atoms with Gasteiger partial charge in [-0.1, -0.05) is 13.8 Å². The normalized spacial score (nSPS) is 10.6. The number of aryl methyl sites for hydroxylation is 1. The van der Waals surface area contributed by atoms with Gasteiger partial charge in [0, 0.05) is 24.5 Å². The number of rotatable bonds is 8. The molecule has 2 aromatic rings. The minimum Gasteiger partial charge on any atom is -0.478 e. The summed E-state index contributed by atoms with van der Waals surface area (Å²) in [6, 6.07) is 7.74. The summed E-state index contributed by atoms with van der Waals surface area (Å²) in [6.07, 6.45) is 2.72. The predicted octanol–water partition coefficient (Wildman–Crippen LogP) is 3.01. The average Bonchev–Trinajstić information content (AvgIpc) is 2.67. The van der Waals surface area contributed by atoms with E-state index in [4.69, 9.17) is 4.74 Å². The molecule has 28 heavy (non-hydrogen) atoms. The number of carbonyl (C=O) groups excluding carboxylic acids is 2. The fourth-order valence-corrected chi connectivity index (χ4v) is 2.61. The van der Waals surface area contributed by atoms with E-state index in [0.717, 1.165) is 13.0 Å². The Balaban J connectivity index is 1.99. The Morgan fingerprint density at radius 1 is 1.14 bits per heavy atom. The van der Waals surface area contributed by atoms with Gasteiger partial charge in [-0.15, -0.1) is 0 Å². The smallest absolute Gasteiger partial charge is 0.337 e. The second-order valence-corrected chi connectivity index (χ2v) is 6.88. The van der Waals surface area contributed by atoms with E-state index in [1.807, 2.05) is 4.57 Å². The molecule has 2 rings (SSSR count). The maximum absolute atomic E-state index is 12.1. The Bertz CT molecular complexity index is 885. The van der Waals surface area contributed by atoms with Gasteiger partial charge < -0.3 is 19.4 Å². The number of amides is 1. The van der Waals surface area contributed by atoms with E-state index in [9.17, 15) is 14.4 Å². The summed E-state index contributed by atoms with van der Waals surface area (Å²) in [5.74, 6) is -0.126. The molecule has 0 bridgehead atoms. The van der Waals surface area contributed by atoms with Gasteiger partial charge in [-0.2, -0.15) is 0 Å². The van der Waals surface area contributed by atoms with E-state index < -0.39 is 11.9 Å². The van der Waals surface area contributed by atoms with Crippen molar-refractivity contribution in [2.45, 2.75) is 33.7 Å². The molecule has 7 heteroatoms. The van der Waals surface area contributed by atoms with Crippen LogP contribution >= 0.6 is 0 Å². The lowest BCUT2D eigenvalue weighted by Gasteiger charge is -2.15. The summed E-state index contributed by atoms with van der Waals surface area (Å²) >= 11 is 0. The third-order valence-electron chi connectivity index (χ3n) is 4.27. The zero-order valence-electron chi connectivity index (χ0n) is 16.7. The highest BCUT2D eigenvalue weighted by Crippen LogP contribution is 2.14. The maximum Gasteiger partial charge on any atom is 0.337 e. The zero-order valence-corrected chi connectivity index (χ0v) is 16.7. The molecule has 150 valence electrons. The quantitative estimate of drug-likeness (QED) is 0.705. The Kier molecular flexibility index (Phi) is 7.37. The fraction of sp³-hybridized carbons (Fsp3) is 0.381. The third-order valence-corrected chi connectivity index (χ3v) is 4.27. The van der Waals surface area contributed by atoms with Crippen LogP contribution in [-0.2, 0) is 16.1 Å². The van der Waals surface area contributed by atoms with Crippen LogP contribution in [0, 0.1) is 12.8 Å². The first-order chi connectivity index (χ1) is 13.3. The molecule has 0 saturated heterocycles. The monoisotopic (exact) mass is 386 g/mol. The lowest BCUT2D eigenvalue weighted by atomic mass is 10.1. The molecule has 1 N–H and O–H groups in total. The molecule has 0 unspecified atom stereocenters. The summed E-state index contributed by atoms with van der Waals surface area (Å²) < 4.78 is 12.1. The summed E-state index contributed by atoms with van der Waals surface area (Å²) in [5, 5.41) is 2.67. The number of hydrogen-bond donors (Lipinski definition) is 1. The molecule has 0 atom stereocenters. The summed E-state index contributed by atoms with van der Waals surface area (Å²) in [7, 11) is 1.30. The van der Waals surface area contributed by atoms with E-state index >= 15 is 0 Å². The van der Waals surface area contributed by atoms with Crippen LogP contribution in [0.2, 0.25) is 0 Å². The van der Waals surface area contributed by atoms with Gasteiger partial charge in [0.2, 0.25) is 5.43 Å². The van der Waals surface area contributed by atoms with Crippen molar-refractivity contribution in [2.75, 3.05) is 19.0 Å². The van der Waals surface area contributed by atoms with Gasteiger partial charge in [0.15, 0.2) is 12.4 Å². The predicted molar refractivity (Wildman–Crippen MR) is 107 cm³/mol. The van der Waals surface area contributed by atoms with Crippen LogP contribution in [0.3, 0.4) is 0 Å². The minimum absolute atomic E-state index is 0.183. The molecule has 0 saturated carbocycles. The molecule has 1 aromatic carbocycles. The summed E-state index contributed by atoms with van der Waals surface area (Å²) in [6.45, 7) is 6.57. The second-order valence-electron chi connectivity index (χ2n) is 6.88. The van der Waals surface area contributed by atoms with Gasteiger partial charge in [0.05, 0.1) is 18.4 Å². The van der Waals surface area contributed by atoms with E-state index in [-0.39, 0.29) is 17.8 Å². The Morgan fingerprint density at radius 2 is 1.82 bits per heavy atom. The molecule has 0 fully saturated rings. The Labute approximate surface area is 164 Å². The molecule has 0 aliphatic heterocycles. The van der Waals surface area contributed by atoms with Crippen LogP contribution in [-0.4, -0.2) is 30.2 Å². The van der Waals surface area contributed by atoms with Gasteiger partial charge in [-0.25, -0.2) is 4.79 Å². The van der Waals surface area contributed by atoms with Crippen LogP contribution in [0.25, 0.3) is 0 Å². The van der Waals surface area contributed by atoms with Gasteiger partial charge in [-0.3, -0.25) is 9.59 Å². The minimum atomic E-state index is -0.450. The van der Waals surface area contributed by atoms with Gasteiger partial charge >= 0.3 is 5.97 Å². The van der Waals surface area contributed by atoms with E-state index in [2.05, 4.69) is 23.9 Å². The van der Waals surface area contributed by atoms with E-state index in [0.29, 0.717) is 22.9 Å². The van der Waals surface area contributed by atoms with Crippen molar-refractivity contribution in [2.24, 2.45) is 5.92 Å². The standard InChI is InChI=1S/C21H26N2O5/c1-14(2)9-11-23-12-10-18(24)20(15(23)3)28-13-19(25)22-17-7-5-16(6-8-17)21(26)27-4/h5-8,10,12,14H,9,11,13H2,1-4H3,(H,22,25). The lowest BCUT2D eigenvalue weighted by Crippen LogP contribution is -2.23. The number of methoxy groups -OCH3 is 1. The number of aromatic nitrogens is 1. The van der Waals surface area contributed by atoms with Crippen LogP contribution in [0.4, 0.5) is 5.69 Å². The number of ether oxygens (including phenoxy) is 2. The Morgan fingerprint density at radius 3 is 2.43 bits per heavy atom. The highest BCUT2D eigenvalue weighted by Gasteiger charge is 2.12. The number of anilines is 1. The van der Waals surface area contributed by atoms with Crippen LogP contribution in [0.1, 0.15) is 36.3 Å². The zero-order chi connectivity index (χ0) is 20.7. The molecule has 0 radical (unpaired) electrons. The molecule has 0 aliphatic rings. The number of esters is 1. The van der Waals surface area contributed by atoms with Crippen molar-refractivity contribution >= 4 is 17.6 Å². The highest BCUT2D eigenvalue weighted by molar-refractivity contribution is 5.93. The number of pyridine rings is 1. The van der Waals surface area contributed by atoms with Crippen molar-refractivity contribution in [3.63, 3.8) is 0 Å². The number of carbonyl (C=O) groups is 2. The number of nitrogens with zero attached hydrogens (tertiary/aromatic N) is 1. The maximum atomic E-state index is 12.1. The average molecular weight is 386 g/mol. The summed E-state index contributed by atoms with van der Waals surface area (Å²) in [4.78, 5) is 35.7. The molecular weight excluding hydrogens is 360 g/mol. The molecule has 1 heterocycles. The molecule has 1 aromatic heterocycles. The van der Waals surface area contributed by atoms with E-state index in [1.165, 1.54) is 13.2 Å². The van der Waals surface area contributed by atoms with Gasteiger partial charge in [0.25, 0.3) is 5.91 Å². The number of benzene rings is 1. The number of nitrogens with one attached hydrogen (secondary N) is 1. The first-order valence-corrected chi connectivity index (χ1v) is 9.13. The van der Waals surface area contributed by atoms with Crippen LogP contribution in [0.15, 0.2) is 41.3 Å². The third kappa shape index (κ3) is 5.70. The van der Waals surface area contributed by atoms with Crippen molar-refractivity contribution in [1.82, 2.24) is 4.57 Å². The molecule has 0 aliphatic carbocycles. The topological polar surface area (TPSA) is 86.6 Å². The first kappa shape index (κ1) is 21.2. The van der Waals surface area contributed by atoms with Gasteiger partial charge in [0.1, 0.15) is 0 Å². The van der Waals surface area contributed by atoms with Crippen molar-refractivity contribution < 1.29 is 19.1 Å². The van der Waals surface area contributed by atoms with Crippen molar-refractivity contribution in [3.8, 4) is 5.75 Å². The largest absolute Gasteiger partial charge is 0.478 e.